The van der Waals surface area contributed by atoms with Crippen LogP contribution in [0.2, 0.25) is 0 Å². The van der Waals surface area contributed by atoms with Crippen molar-refractivity contribution in [1.82, 2.24) is 9.88 Å². The van der Waals surface area contributed by atoms with Gasteiger partial charge in [-0.15, -0.1) is 0 Å². The molecule has 3 rings (SSSR count). The standard InChI is InChI=1S/C16H22N2O2/c1-10-9-11(2)18(13-7-8-13)16(20)14(10)15(19)17-12-5-3-4-6-12/h9,12-13H,3-8H2,1-2H3,(H,17,19). The molecule has 2 aliphatic carbocycles. The van der Waals surface area contributed by atoms with Crippen LogP contribution in [0.3, 0.4) is 0 Å². The van der Waals surface area contributed by atoms with Gasteiger partial charge in [0, 0.05) is 17.8 Å². The first-order chi connectivity index (χ1) is 9.58. The Morgan fingerprint density at radius 1 is 1.20 bits per heavy atom. The van der Waals surface area contributed by atoms with Gasteiger partial charge in [0.25, 0.3) is 11.5 Å². The van der Waals surface area contributed by atoms with Crippen molar-refractivity contribution in [3.63, 3.8) is 0 Å². The molecule has 0 bridgehead atoms. The quantitative estimate of drug-likeness (QED) is 0.920. The van der Waals surface area contributed by atoms with Crippen LogP contribution in [0.4, 0.5) is 0 Å². The smallest absolute Gasteiger partial charge is 0.264 e. The number of amides is 1. The van der Waals surface area contributed by atoms with Crippen LogP contribution in [0.5, 0.6) is 0 Å². The van der Waals surface area contributed by atoms with E-state index in [0.717, 1.165) is 36.9 Å². The molecule has 4 heteroatoms. The van der Waals surface area contributed by atoms with Crippen LogP contribution in [0.15, 0.2) is 10.9 Å². The molecule has 2 saturated carbocycles. The van der Waals surface area contributed by atoms with E-state index in [4.69, 9.17) is 0 Å². The second-order valence-corrected chi connectivity index (χ2v) is 6.20. The zero-order chi connectivity index (χ0) is 14.3. The number of carbonyl (C=O) groups is 1. The SMILES string of the molecule is Cc1cc(C)n(C2CC2)c(=O)c1C(=O)NC1CCCC1. The monoisotopic (exact) mass is 274 g/mol. The van der Waals surface area contributed by atoms with E-state index >= 15 is 0 Å². The van der Waals surface area contributed by atoms with Crippen molar-refractivity contribution in [3.05, 3.63) is 33.2 Å². The van der Waals surface area contributed by atoms with Crippen LogP contribution in [0, 0.1) is 13.8 Å². The van der Waals surface area contributed by atoms with E-state index in [1.54, 1.807) is 4.57 Å². The Labute approximate surface area is 119 Å². The molecule has 0 spiro atoms. The largest absolute Gasteiger partial charge is 0.349 e. The summed E-state index contributed by atoms with van der Waals surface area (Å²) in [5.74, 6) is -0.186. The molecule has 0 aliphatic heterocycles. The summed E-state index contributed by atoms with van der Waals surface area (Å²) < 4.78 is 1.80. The van der Waals surface area contributed by atoms with Crippen molar-refractivity contribution in [1.29, 1.82) is 0 Å². The van der Waals surface area contributed by atoms with Gasteiger partial charge < -0.3 is 9.88 Å². The van der Waals surface area contributed by atoms with Crippen LogP contribution >= 0.6 is 0 Å². The van der Waals surface area contributed by atoms with Crippen LogP contribution in [0.25, 0.3) is 0 Å². The first-order valence-electron chi connectivity index (χ1n) is 7.61. The summed E-state index contributed by atoms with van der Waals surface area (Å²) >= 11 is 0. The highest BCUT2D eigenvalue weighted by molar-refractivity contribution is 5.95. The molecule has 0 atom stereocenters. The summed E-state index contributed by atoms with van der Waals surface area (Å²) in [5, 5.41) is 3.03. The molecule has 108 valence electrons. The van der Waals surface area contributed by atoms with Gasteiger partial charge in [-0.1, -0.05) is 12.8 Å². The fourth-order valence-electron chi connectivity index (χ4n) is 3.29. The van der Waals surface area contributed by atoms with Gasteiger partial charge in [0.2, 0.25) is 0 Å². The third kappa shape index (κ3) is 2.39. The van der Waals surface area contributed by atoms with Gasteiger partial charge >= 0.3 is 0 Å². The molecule has 1 aromatic heterocycles. The third-order valence-corrected chi connectivity index (χ3v) is 4.46. The number of carbonyl (C=O) groups excluding carboxylic acids is 1. The highest BCUT2D eigenvalue weighted by Gasteiger charge is 2.29. The maximum atomic E-state index is 12.6. The molecule has 0 unspecified atom stereocenters. The predicted octanol–water partition coefficient (Wildman–Crippen LogP) is 2.47. The molecule has 1 N–H and O–H groups in total. The van der Waals surface area contributed by atoms with Gasteiger partial charge in [-0.2, -0.15) is 0 Å². The number of rotatable bonds is 3. The number of aromatic nitrogens is 1. The Kier molecular flexibility index (Phi) is 3.40. The van der Waals surface area contributed by atoms with Gasteiger partial charge in [0.15, 0.2) is 0 Å². The van der Waals surface area contributed by atoms with Crippen molar-refractivity contribution in [3.8, 4) is 0 Å². The van der Waals surface area contributed by atoms with Crippen molar-refractivity contribution >= 4 is 5.91 Å². The Hall–Kier alpha value is -1.58. The number of aryl methyl sites for hydroxylation is 2. The molecular formula is C16H22N2O2. The number of nitrogens with zero attached hydrogens (tertiary/aromatic N) is 1. The van der Waals surface area contributed by atoms with Gasteiger partial charge in [-0.25, -0.2) is 0 Å². The van der Waals surface area contributed by atoms with Crippen molar-refractivity contribution in [2.75, 3.05) is 0 Å². The van der Waals surface area contributed by atoms with Crippen molar-refractivity contribution < 1.29 is 4.79 Å². The number of hydrogen-bond donors (Lipinski definition) is 1. The van der Waals surface area contributed by atoms with Crippen molar-refractivity contribution in [2.45, 2.75) is 64.5 Å². The molecule has 1 amide bonds. The Bertz CT molecular complexity index is 593. The second-order valence-electron chi connectivity index (χ2n) is 6.20. The minimum atomic E-state index is -0.186. The highest BCUT2D eigenvalue weighted by atomic mass is 16.2. The summed E-state index contributed by atoms with van der Waals surface area (Å²) in [7, 11) is 0. The van der Waals surface area contributed by atoms with E-state index in [2.05, 4.69) is 5.32 Å². The summed E-state index contributed by atoms with van der Waals surface area (Å²) in [4.78, 5) is 25.0. The summed E-state index contributed by atoms with van der Waals surface area (Å²) in [6.07, 6.45) is 6.51. The predicted molar refractivity (Wildman–Crippen MR) is 78.2 cm³/mol. The Morgan fingerprint density at radius 3 is 2.45 bits per heavy atom. The third-order valence-electron chi connectivity index (χ3n) is 4.46. The molecule has 2 fully saturated rings. The Morgan fingerprint density at radius 2 is 1.85 bits per heavy atom. The van der Waals surface area contributed by atoms with E-state index in [-0.39, 0.29) is 17.5 Å². The number of hydrogen-bond acceptors (Lipinski definition) is 2. The molecule has 4 nitrogen and oxygen atoms in total. The number of nitrogens with one attached hydrogen (secondary N) is 1. The van der Waals surface area contributed by atoms with E-state index in [9.17, 15) is 9.59 Å². The lowest BCUT2D eigenvalue weighted by Gasteiger charge is -2.16. The minimum Gasteiger partial charge on any atom is -0.349 e. The topological polar surface area (TPSA) is 51.1 Å². The van der Waals surface area contributed by atoms with Gasteiger partial charge in [-0.05, 0) is 51.2 Å². The molecule has 1 heterocycles. The second kappa shape index (κ2) is 5.08. The average molecular weight is 274 g/mol. The maximum Gasteiger partial charge on any atom is 0.264 e. The lowest BCUT2D eigenvalue weighted by molar-refractivity contribution is 0.0935. The fraction of sp³-hybridized carbons (Fsp3) is 0.625. The van der Waals surface area contributed by atoms with E-state index in [1.807, 2.05) is 19.9 Å². The normalized spacial score (nSPS) is 19.3. The summed E-state index contributed by atoms with van der Waals surface area (Å²) in [5.41, 5.74) is 1.99. The van der Waals surface area contributed by atoms with E-state index < -0.39 is 0 Å². The molecule has 0 radical (unpaired) electrons. The van der Waals surface area contributed by atoms with Crippen LogP contribution in [-0.4, -0.2) is 16.5 Å². The molecule has 1 aromatic rings. The van der Waals surface area contributed by atoms with Gasteiger partial charge in [0.05, 0.1) is 0 Å². The van der Waals surface area contributed by atoms with Crippen LogP contribution < -0.4 is 10.9 Å². The lowest BCUT2D eigenvalue weighted by Crippen LogP contribution is -2.38. The van der Waals surface area contributed by atoms with Crippen LogP contribution in [0.1, 0.15) is 66.2 Å². The van der Waals surface area contributed by atoms with Crippen LogP contribution in [-0.2, 0) is 0 Å². The Balaban J connectivity index is 1.93. The minimum absolute atomic E-state index is 0.111. The average Bonchev–Trinajstić information content (AvgIpc) is 3.05. The highest BCUT2D eigenvalue weighted by Crippen LogP contribution is 2.34. The molecule has 20 heavy (non-hydrogen) atoms. The zero-order valence-corrected chi connectivity index (χ0v) is 12.2. The molecular weight excluding hydrogens is 252 g/mol. The first-order valence-corrected chi connectivity index (χ1v) is 7.61. The number of pyridine rings is 1. The van der Waals surface area contributed by atoms with E-state index in [0.29, 0.717) is 11.6 Å². The molecule has 2 aliphatic rings. The van der Waals surface area contributed by atoms with E-state index in [1.165, 1.54) is 12.8 Å². The zero-order valence-electron chi connectivity index (χ0n) is 12.2. The first kappa shape index (κ1) is 13.4. The van der Waals surface area contributed by atoms with Crippen molar-refractivity contribution in [2.24, 2.45) is 0 Å². The fourth-order valence-corrected chi connectivity index (χ4v) is 3.29. The summed E-state index contributed by atoms with van der Waals surface area (Å²) in [6.45, 7) is 3.81. The van der Waals surface area contributed by atoms with Gasteiger partial charge in [-0.3, -0.25) is 9.59 Å². The maximum absolute atomic E-state index is 12.6. The lowest BCUT2D eigenvalue weighted by atomic mass is 10.1. The summed E-state index contributed by atoms with van der Waals surface area (Å²) in [6, 6.07) is 2.52. The van der Waals surface area contributed by atoms with Gasteiger partial charge in [0.1, 0.15) is 5.56 Å². The molecule has 0 saturated heterocycles. The molecule has 0 aromatic carbocycles.